The first-order valence-electron chi connectivity index (χ1n) is 5.51. The fourth-order valence-corrected chi connectivity index (χ4v) is 1.94. The van der Waals surface area contributed by atoms with Crippen LogP contribution in [-0.4, -0.2) is 0 Å². The van der Waals surface area contributed by atoms with Gasteiger partial charge in [0.15, 0.2) is 0 Å². The van der Waals surface area contributed by atoms with E-state index in [1.54, 1.807) is 0 Å². The Bertz CT molecular complexity index is 342. The Morgan fingerprint density at radius 1 is 1.38 bits per heavy atom. The second-order valence-corrected chi connectivity index (χ2v) is 4.08. The van der Waals surface area contributed by atoms with Gasteiger partial charge in [-0.15, -0.1) is 0 Å². The number of hydrogen-bond donors (Lipinski definition) is 2. The second-order valence-electron chi connectivity index (χ2n) is 4.08. The van der Waals surface area contributed by atoms with E-state index in [0.29, 0.717) is 5.56 Å². The predicted molar refractivity (Wildman–Crippen MR) is 60.5 cm³/mol. The lowest BCUT2D eigenvalue weighted by atomic mass is 9.91. The highest BCUT2D eigenvalue weighted by Gasteiger charge is 2.21. The van der Waals surface area contributed by atoms with Crippen molar-refractivity contribution in [2.75, 3.05) is 0 Å². The summed E-state index contributed by atoms with van der Waals surface area (Å²) in [5.41, 5.74) is 2.86. The molecule has 0 spiro atoms. The van der Waals surface area contributed by atoms with Gasteiger partial charge in [0.05, 0.1) is 6.04 Å². The minimum Gasteiger partial charge on any atom is -0.271 e. The van der Waals surface area contributed by atoms with Crippen LogP contribution in [0.2, 0.25) is 0 Å². The molecular weight excluding hydrogens is 210 g/mol. The smallest absolute Gasteiger partial charge is 0.128 e. The van der Waals surface area contributed by atoms with Gasteiger partial charge in [0.1, 0.15) is 11.6 Å². The zero-order valence-corrected chi connectivity index (χ0v) is 9.63. The molecule has 16 heavy (non-hydrogen) atoms. The average molecular weight is 228 g/mol. The van der Waals surface area contributed by atoms with Crippen molar-refractivity contribution in [1.29, 1.82) is 0 Å². The van der Waals surface area contributed by atoms with E-state index in [0.717, 1.165) is 25.0 Å². The first-order chi connectivity index (χ1) is 7.60. The molecule has 2 unspecified atom stereocenters. The molecule has 3 N–H and O–H groups in total. The van der Waals surface area contributed by atoms with E-state index in [2.05, 4.69) is 5.43 Å². The van der Waals surface area contributed by atoms with Crippen molar-refractivity contribution in [3.8, 4) is 0 Å². The van der Waals surface area contributed by atoms with Crippen LogP contribution in [0.3, 0.4) is 0 Å². The van der Waals surface area contributed by atoms with Crippen LogP contribution in [0.25, 0.3) is 0 Å². The molecule has 0 aromatic heterocycles. The molecule has 90 valence electrons. The third kappa shape index (κ3) is 3.00. The van der Waals surface area contributed by atoms with Gasteiger partial charge in [-0.05, 0) is 30.5 Å². The number of hydrazine groups is 1. The number of rotatable bonds is 5. The molecule has 0 radical (unpaired) electrons. The Morgan fingerprint density at radius 2 is 2.06 bits per heavy atom. The van der Waals surface area contributed by atoms with E-state index in [-0.39, 0.29) is 12.0 Å². The zero-order chi connectivity index (χ0) is 12.1. The minimum atomic E-state index is -0.444. The quantitative estimate of drug-likeness (QED) is 0.600. The highest BCUT2D eigenvalue weighted by atomic mass is 19.1. The summed E-state index contributed by atoms with van der Waals surface area (Å²) in [6.07, 6.45) is 1.89. The SMILES string of the molecule is CCCC(C)C(NN)c1cc(F)ccc1F. The highest BCUT2D eigenvalue weighted by molar-refractivity contribution is 5.22. The molecule has 4 heteroatoms. The van der Waals surface area contributed by atoms with Crippen LogP contribution in [0.15, 0.2) is 18.2 Å². The van der Waals surface area contributed by atoms with Gasteiger partial charge in [0, 0.05) is 5.56 Å². The van der Waals surface area contributed by atoms with Crippen molar-refractivity contribution in [3.63, 3.8) is 0 Å². The third-order valence-corrected chi connectivity index (χ3v) is 2.79. The summed E-state index contributed by atoms with van der Waals surface area (Å²) in [6.45, 7) is 4.02. The summed E-state index contributed by atoms with van der Waals surface area (Å²) in [5.74, 6) is 4.71. The molecule has 0 bridgehead atoms. The van der Waals surface area contributed by atoms with E-state index in [9.17, 15) is 8.78 Å². The highest BCUT2D eigenvalue weighted by Crippen LogP contribution is 2.27. The molecule has 0 aliphatic heterocycles. The summed E-state index contributed by atoms with van der Waals surface area (Å²) < 4.78 is 26.6. The van der Waals surface area contributed by atoms with Crippen LogP contribution in [0.4, 0.5) is 8.78 Å². The molecule has 0 heterocycles. The fraction of sp³-hybridized carbons (Fsp3) is 0.500. The zero-order valence-electron chi connectivity index (χ0n) is 9.63. The van der Waals surface area contributed by atoms with Gasteiger partial charge < -0.3 is 0 Å². The molecule has 0 amide bonds. The van der Waals surface area contributed by atoms with Crippen LogP contribution in [0.1, 0.15) is 38.3 Å². The summed E-state index contributed by atoms with van der Waals surface area (Å²) in [4.78, 5) is 0. The van der Waals surface area contributed by atoms with Gasteiger partial charge in [0.2, 0.25) is 0 Å². The Hall–Kier alpha value is -1.00. The van der Waals surface area contributed by atoms with Gasteiger partial charge in [-0.2, -0.15) is 0 Å². The summed E-state index contributed by atoms with van der Waals surface area (Å²) in [6, 6.07) is 3.09. The Morgan fingerprint density at radius 3 is 2.62 bits per heavy atom. The molecule has 2 atom stereocenters. The average Bonchev–Trinajstić information content (AvgIpc) is 2.24. The molecule has 1 aromatic carbocycles. The molecule has 0 saturated carbocycles. The molecule has 0 saturated heterocycles. The van der Waals surface area contributed by atoms with Crippen LogP contribution in [-0.2, 0) is 0 Å². The second kappa shape index (κ2) is 5.92. The normalized spacial score (nSPS) is 14.8. The molecule has 0 aliphatic carbocycles. The summed E-state index contributed by atoms with van der Waals surface area (Å²) in [5, 5.41) is 0. The number of halogens is 2. The summed E-state index contributed by atoms with van der Waals surface area (Å²) >= 11 is 0. The molecule has 0 fully saturated rings. The van der Waals surface area contributed by atoms with Gasteiger partial charge >= 0.3 is 0 Å². The van der Waals surface area contributed by atoms with Crippen molar-refractivity contribution < 1.29 is 8.78 Å². The lowest BCUT2D eigenvalue weighted by molar-refractivity contribution is 0.356. The van der Waals surface area contributed by atoms with E-state index >= 15 is 0 Å². The Balaban J connectivity index is 2.98. The molecular formula is C12H18F2N2. The lowest BCUT2D eigenvalue weighted by Gasteiger charge is -2.23. The standard InChI is InChI=1S/C12H18F2N2/c1-3-4-8(2)12(16-15)10-7-9(13)5-6-11(10)14/h5-8,12,16H,3-4,15H2,1-2H3. The maximum absolute atomic E-state index is 13.5. The van der Waals surface area contributed by atoms with Crippen LogP contribution in [0.5, 0.6) is 0 Å². The fourth-order valence-electron chi connectivity index (χ4n) is 1.94. The van der Waals surface area contributed by atoms with Crippen LogP contribution in [0, 0.1) is 17.6 Å². The van der Waals surface area contributed by atoms with Crippen molar-refractivity contribution in [3.05, 3.63) is 35.4 Å². The Labute approximate surface area is 94.8 Å². The molecule has 0 aliphatic rings. The number of hydrogen-bond acceptors (Lipinski definition) is 2. The molecule has 2 nitrogen and oxygen atoms in total. The molecule has 1 rings (SSSR count). The van der Waals surface area contributed by atoms with Crippen molar-refractivity contribution in [2.45, 2.75) is 32.7 Å². The first kappa shape index (κ1) is 13.1. The van der Waals surface area contributed by atoms with Gasteiger partial charge in [-0.1, -0.05) is 20.3 Å². The van der Waals surface area contributed by atoms with Crippen molar-refractivity contribution in [1.82, 2.24) is 5.43 Å². The van der Waals surface area contributed by atoms with E-state index in [4.69, 9.17) is 5.84 Å². The Kier molecular flexibility index (Phi) is 4.83. The van der Waals surface area contributed by atoms with E-state index in [1.165, 1.54) is 6.07 Å². The largest absolute Gasteiger partial charge is 0.271 e. The lowest BCUT2D eigenvalue weighted by Crippen LogP contribution is -2.33. The maximum Gasteiger partial charge on any atom is 0.128 e. The first-order valence-corrected chi connectivity index (χ1v) is 5.51. The maximum atomic E-state index is 13.5. The van der Waals surface area contributed by atoms with Crippen LogP contribution < -0.4 is 11.3 Å². The predicted octanol–water partition coefficient (Wildman–Crippen LogP) is 2.91. The number of nitrogens with two attached hydrogens (primary N) is 1. The topological polar surface area (TPSA) is 38.0 Å². The monoisotopic (exact) mass is 228 g/mol. The van der Waals surface area contributed by atoms with Gasteiger partial charge in [-0.3, -0.25) is 11.3 Å². The van der Waals surface area contributed by atoms with Gasteiger partial charge in [0.25, 0.3) is 0 Å². The number of benzene rings is 1. The number of nitrogens with one attached hydrogen (secondary N) is 1. The molecule has 1 aromatic rings. The van der Waals surface area contributed by atoms with E-state index in [1.807, 2.05) is 13.8 Å². The van der Waals surface area contributed by atoms with Gasteiger partial charge in [-0.25, -0.2) is 8.78 Å². The van der Waals surface area contributed by atoms with Crippen molar-refractivity contribution >= 4 is 0 Å². The summed E-state index contributed by atoms with van der Waals surface area (Å²) in [7, 11) is 0. The van der Waals surface area contributed by atoms with Crippen molar-refractivity contribution in [2.24, 2.45) is 11.8 Å². The third-order valence-electron chi connectivity index (χ3n) is 2.79. The van der Waals surface area contributed by atoms with E-state index < -0.39 is 11.6 Å². The van der Waals surface area contributed by atoms with Crippen LogP contribution >= 0.6 is 0 Å². The minimum absolute atomic E-state index is 0.159.